The third-order valence-electron chi connectivity index (χ3n) is 2.81. The van der Waals surface area contributed by atoms with Crippen LogP contribution in [0.3, 0.4) is 0 Å². The summed E-state index contributed by atoms with van der Waals surface area (Å²) in [4.78, 5) is 11.4. The largest absolute Gasteiger partial charge is 0.508 e. The van der Waals surface area contributed by atoms with Gasteiger partial charge in [0.05, 0.1) is 12.7 Å². The van der Waals surface area contributed by atoms with Crippen LogP contribution in [-0.2, 0) is 11.3 Å². The van der Waals surface area contributed by atoms with Gasteiger partial charge in [-0.2, -0.15) is 0 Å². The Morgan fingerprint density at radius 2 is 2.10 bits per heavy atom. The molecule has 0 aliphatic heterocycles. The number of rotatable bonds is 4. The first kappa shape index (κ1) is 14.2. The maximum atomic E-state index is 11.4. The highest BCUT2D eigenvalue weighted by atomic mass is 35.5. The Balaban J connectivity index is 2.11. The fourth-order valence-corrected chi connectivity index (χ4v) is 1.96. The van der Waals surface area contributed by atoms with Gasteiger partial charge in [0.1, 0.15) is 5.75 Å². The smallest absolute Gasteiger partial charge is 0.337 e. The van der Waals surface area contributed by atoms with E-state index in [-0.39, 0.29) is 11.7 Å². The van der Waals surface area contributed by atoms with Crippen LogP contribution in [0.15, 0.2) is 42.5 Å². The Labute approximate surface area is 122 Å². The lowest BCUT2D eigenvalue weighted by Crippen LogP contribution is -2.04. The molecule has 0 heterocycles. The zero-order chi connectivity index (χ0) is 14.5. The molecule has 0 atom stereocenters. The number of hydrogen-bond donors (Lipinski definition) is 2. The maximum Gasteiger partial charge on any atom is 0.337 e. The van der Waals surface area contributed by atoms with Gasteiger partial charge < -0.3 is 15.2 Å². The molecule has 0 aliphatic carbocycles. The van der Waals surface area contributed by atoms with Crippen molar-refractivity contribution in [3.8, 4) is 5.75 Å². The highest BCUT2D eigenvalue weighted by molar-refractivity contribution is 6.30. The molecule has 0 aromatic heterocycles. The Bertz CT molecular complexity index is 628. The van der Waals surface area contributed by atoms with Crippen molar-refractivity contribution in [2.24, 2.45) is 0 Å². The molecule has 2 rings (SSSR count). The van der Waals surface area contributed by atoms with Crippen LogP contribution in [0.4, 0.5) is 5.69 Å². The van der Waals surface area contributed by atoms with Gasteiger partial charge in [0, 0.05) is 22.8 Å². The number of phenols is 1. The molecule has 2 aromatic carbocycles. The molecule has 104 valence electrons. The van der Waals surface area contributed by atoms with Crippen LogP contribution in [0.25, 0.3) is 0 Å². The van der Waals surface area contributed by atoms with Crippen LogP contribution in [0, 0.1) is 0 Å². The molecule has 20 heavy (non-hydrogen) atoms. The summed E-state index contributed by atoms with van der Waals surface area (Å²) in [5.74, 6) is -0.217. The summed E-state index contributed by atoms with van der Waals surface area (Å²) in [6.45, 7) is 0.400. The van der Waals surface area contributed by atoms with Crippen molar-refractivity contribution in [1.82, 2.24) is 0 Å². The highest BCUT2D eigenvalue weighted by Crippen LogP contribution is 2.22. The van der Waals surface area contributed by atoms with E-state index in [0.29, 0.717) is 22.7 Å². The number of ether oxygens (including phenoxy) is 1. The van der Waals surface area contributed by atoms with Crippen LogP contribution in [0.2, 0.25) is 5.02 Å². The lowest BCUT2D eigenvalue weighted by Gasteiger charge is -2.09. The summed E-state index contributed by atoms with van der Waals surface area (Å²) in [6, 6.07) is 11.8. The number of benzene rings is 2. The lowest BCUT2D eigenvalue weighted by molar-refractivity contribution is 0.0601. The number of hydrogen-bond acceptors (Lipinski definition) is 4. The molecule has 0 radical (unpaired) electrons. The van der Waals surface area contributed by atoms with Crippen LogP contribution >= 0.6 is 11.6 Å². The number of aromatic hydroxyl groups is 1. The van der Waals surface area contributed by atoms with E-state index in [1.807, 2.05) is 6.07 Å². The monoisotopic (exact) mass is 291 g/mol. The SMILES string of the molecule is COC(=O)c1cccc(NCc2cc(Cl)ccc2O)c1. The number of carbonyl (C=O) groups is 1. The van der Waals surface area contributed by atoms with E-state index < -0.39 is 0 Å². The van der Waals surface area contributed by atoms with Gasteiger partial charge in [0.15, 0.2) is 0 Å². The van der Waals surface area contributed by atoms with Crippen LogP contribution in [0.5, 0.6) is 5.75 Å². The third-order valence-corrected chi connectivity index (χ3v) is 3.04. The van der Waals surface area contributed by atoms with Gasteiger partial charge in [-0.1, -0.05) is 17.7 Å². The molecule has 0 aliphatic rings. The summed E-state index contributed by atoms with van der Waals surface area (Å²) in [5, 5.41) is 13.4. The second-order valence-corrected chi connectivity index (χ2v) is 4.64. The van der Waals surface area contributed by atoms with Gasteiger partial charge >= 0.3 is 5.97 Å². The number of phenolic OH excluding ortho intramolecular Hbond substituents is 1. The molecular formula is C15H14ClNO3. The Morgan fingerprint density at radius 3 is 2.85 bits per heavy atom. The predicted octanol–water partition coefficient (Wildman–Crippen LogP) is 3.44. The second-order valence-electron chi connectivity index (χ2n) is 4.20. The van der Waals surface area contributed by atoms with Crippen molar-refractivity contribution in [3.63, 3.8) is 0 Å². The highest BCUT2D eigenvalue weighted by Gasteiger charge is 2.06. The minimum absolute atomic E-state index is 0.172. The first-order valence-corrected chi connectivity index (χ1v) is 6.37. The van der Waals surface area contributed by atoms with E-state index in [1.165, 1.54) is 7.11 Å². The van der Waals surface area contributed by atoms with Gasteiger partial charge in [0.25, 0.3) is 0 Å². The molecule has 2 N–H and O–H groups in total. The number of halogens is 1. The van der Waals surface area contributed by atoms with Crippen molar-refractivity contribution < 1.29 is 14.6 Å². The summed E-state index contributed by atoms with van der Waals surface area (Å²) in [7, 11) is 1.34. The van der Waals surface area contributed by atoms with Crippen molar-refractivity contribution in [1.29, 1.82) is 0 Å². The molecule has 5 heteroatoms. The topological polar surface area (TPSA) is 58.6 Å². The quantitative estimate of drug-likeness (QED) is 0.847. The molecule has 0 bridgehead atoms. The molecule has 0 fully saturated rings. The van der Waals surface area contributed by atoms with Gasteiger partial charge in [-0.3, -0.25) is 0 Å². The third kappa shape index (κ3) is 3.42. The first-order chi connectivity index (χ1) is 9.60. The summed E-state index contributed by atoms with van der Waals surface area (Å²) < 4.78 is 4.66. The summed E-state index contributed by atoms with van der Waals surface area (Å²) in [5.41, 5.74) is 1.90. The average Bonchev–Trinajstić information content (AvgIpc) is 2.47. The molecule has 0 amide bonds. The lowest BCUT2D eigenvalue weighted by atomic mass is 10.1. The van der Waals surface area contributed by atoms with E-state index in [1.54, 1.807) is 36.4 Å². The van der Waals surface area contributed by atoms with Gasteiger partial charge in [-0.25, -0.2) is 4.79 Å². The van der Waals surface area contributed by atoms with Crippen molar-refractivity contribution in [2.75, 3.05) is 12.4 Å². The van der Waals surface area contributed by atoms with E-state index in [4.69, 9.17) is 11.6 Å². The van der Waals surface area contributed by atoms with E-state index in [0.717, 1.165) is 5.69 Å². The van der Waals surface area contributed by atoms with Crippen LogP contribution < -0.4 is 5.32 Å². The normalized spacial score (nSPS) is 10.1. The molecule has 0 spiro atoms. The zero-order valence-electron chi connectivity index (χ0n) is 10.9. The number of nitrogens with one attached hydrogen (secondary N) is 1. The maximum absolute atomic E-state index is 11.4. The molecule has 0 saturated heterocycles. The summed E-state index contributed by atoms with van der Waals surface area (Å²) in [6.07, 6.45) is 0. The minimum atomic E-state index is -0.390. The van der Waals surface area contributed by atoms with Crippen molar-refractivity contribution in [2.45, 2.75) is 6.54 Å². The predicted molar refractivity (Wildman–Crippen MR) is 78.2 cm³/mol. The van der Waals surface area contributed by atoms with Crippen LogP contribution in [0.1, 0.15) is 15.9 Å². The van der Waals surface area contributed by atoms with E-state index in [9.17, 15) is 9.90 Å². The number of anilines is 1. The van der Waals surface area contributed by atoms with Gasteiger partial charge in [-0.05, 0) is 36.4 Å². The Kier molecular flexibility index (Phi) is 4.48. The van der Waals surface area contributed by atoms with Crippen molar-refractivity contribution >= 4 is 23.3 Å². The van der Waals surface area contributed by atoms with Crippen LogP contribution in [-0.4, -0.2) is 18.2 Å². The van der Waals surface area contributed by atoms with Gasteiger partial charge in [0.2, 0.25) is 0 Å². The standard InChI is InChI=1S/C15H14ClNO3/c1-20-15(19)10-3-2-4-13(8-10)17-9-11-7-12(16)5-6-14(11)18/h2-8,17-18H,9H2,1H3. The Hall–Kier alpha value is -2.20. The number of esters is 1. The number of methoxy groups -OCH3 is 1. The van der Waals surface area contributed by atoms with E-state index in [2.05, 4.69) is 10.1 Å². The van der Waals surface area contributed by atoms with Crippen molar-refractivity contribution in [3.05, 3.63) is 58.6 Å². The minimum Gasteiger partial charge on any atom is -0.508 e. The average molecular weight is 292 g/mol. The second kappa shape index (κ2) is 6.30. The first-order valence-electron chi connectivity index (χ1n) is 6.00. The van der Waals surface area contributed by atoms with E-state index >= 15 is 0 Å². The molecular weight excluding hydrogens is 278 g/mol. The summed E-state index contributed by atoms with van der Waals surface area (Å²) >= 11 is 5.88. The molecule has 4 nitrogen and oxygen atoms in total. The Morgan fingerprint density at radius 1 is 1.30 bits per heavy atom. The molecule has 0 saturated carbocycles. The zero-order valence-corrected chi connectivity index (χ0v) is 11.6. The molecule has 0 unspecified atom stereocenters. The fourth-order valence-electron chi connectivity index (χ4n) is 1.77. The number of carbonyl (C=O) groups excluding carboxylic acids is 1. The molecule has 2 aromatic rings. The fraction of sp³-hybridized carbons (Fsp3) is 0.133. The van der Waals surface area contributed by atoms with Gasteiger partial charge in [-0.15, -0.1) is 0 Å².